The van der Waals surface area contributed by atoms with Crippen molar-refractivity contribution in [2.75, 3.05) is 0 Å². The van der Waals surface area contributed by atoms with Crippen LogP contribution in [0.1, 0.15) is 29.0 Å². The van der Waals surface area contributed by atoms with Gasteiger partial charge in [-0.25, -0.2) is 9.78 Å². The van der Waals surface area contributed by atoms with Gasteiger partial charge < -0.3 is 5.32 Å². The Balaban J connectivity index is 1.42. The Morgan fingerprint density at radius 1 is 1.33 bits per heavy atom. The van der Waals surface area contributed by atoms with Crippen LogP contribution in [0.15, 0.2) is 29.2 Å². The van der Waals surface area contributed by atoms with E-state index in [1.807, 2.05) is 30.1 Å². The summed E-state index contributed by atoms with van der Waals surface area (Å²) < 4.78 is 1.72. The van der Waals surface area contributed by atoms with E-state index in [9.17, 15) is 9.59 Å². The molecule has 1 aliphatic heterocycles. The second-order valence-corrected chi connectivity index (χ2v) is 8.74. The molecule has 3 aromatic heterocycles. The van der Waals surface area contributed by atoms with Gasteiger partial charge in [0.25, 0.3) is 5.91 Å². The zero-order chi connectivity index (χ0) is 18.6. The van der Waals surface area contributed by atoms with Crippen molar-refractivity contribution in [1.29, 1.82) is 0 Å². The van der Waals surface area contributed by atoms with Crippen molar-refractivity contribution < 1.29 is 9.59 Å². The molecular formula is C18H17N5O2S2. The number of thiophene rings is 1. The molecule has 1 spiro atoms. The van der Waals surface area contributed by atoms with Gasteiger partial charge in [0, 0.05) is 34.6 Å². The molecule has 0 saturated carbocycles. The Bertz CT molecular complexity index is 1050. The number of aromatic nitrogens is 3. The quantitative estimate of drug-likeness (QED) is 0.687. The van der Waals surface area contributed by atoms with Crippen LogP contribution in [0.3, 0.4) is 0 Å². The number of imide groups is 1. The molecule has 2 aliphatic rings. The highest BCUT2D eigenvalue weighted by molar-refractivity contribution is 7.13. The van der Waals surface area contributed by atoms with Crippen molar-refractivity contribution in [2.24, 2.45) is 7.05 Å². The number of hydrogen-bond acceptors (Lipinski definition) is 6. The van der Waals surface area contributed by atoms with Crippen LogP contribution in [-0.4, -0.2) is 31.6 Å². The highest BCUT2D eigenvalue weighted by atomic mass is 32.1. The van der Waals surface area contributed by atoms with Gasteiger partial charge in [0.15, 0.2) is 0 Å². The van der Waals surface area contributed by atoms with Crippen LogP contribution in [0.5, 0.6) is 0 Å². The lowest BCUT2D eigenvalue weighted by molar-refractivity contribution is -0.132. The molecule has 5 rings (SSSR count). The molecule has 0 radical (unpaired) electrons. The summed E-state index contributed by atoms with van der Waals surface area (Å²) in [5.41, 5.74) is 1.71. The monoisotopic (exact) mass is 399 g/mol. The van der Waals surface area contributed by atoms with Gasteiger partial charge in [-0.3, -0.25) is 14.4 Å². The molecule has 1 N–H and O–H groups in total. The van der Waals surface area contributed by atoms with Gasteiger partial charge in [-0.15, -0.1) is 22.7 Å². The van der Waals surface area contributed by atoms with Gasteiger partial charge in [0.05, 0.1) is 18.4 Å². The molecule has 138 valence electrons. The molecule has 1 saturated heterocycles. The van der Waals surface area contributed by atoms with E-state index in [1.165, 1.54) is 21.1 Å². The van der Waals surface area contributed by atoms with E-state index in [2.05, 4.69) is 15.4 Å². The van der Waals surface area contributed by atoms with Gasteiger partial charge in [0.2, 0.25) is 0 Å². The van der Waals surface area contributed by atoms with Gasteiger partial charge in [-0.2, -0.15) is 5.10 Å². The first kappa shape index (κ1) is 16.6. The van der Waals surface area contributed by atoms with E-state index in [4.69, 9.17) is 0 Å². The lowest BCUT2D eigenvalue weighted by atomic mass is 9.80. The molecule has 3 amide bonds. The number of urea groups is 1. The molecule has 3 aromatic rings. The topological polar surface area (TPSA) is 80.1 Å². The zero-order valence-electron chi connectivity index (χ0n) is 14.6. The van der Waals surface area contributed by atoms with Gasteiger partial charge in [-0.1, -0.05) is 0 Å². The van der Waals surface area contributed by atoms with Gasteiger partial charge >= 0.3 is 6.03 Å². The van der Waals surface area contributed by atoms with E-state index >= 15 is 0 Å². The zero-order valence-corrected chi connectivity index (χ0v) is 16.3. The Hall–Kier alpha value is -2.52. The number of nitrogens with one attached hydrogen (secondary N) is 1. The molecular weight excluding hydrogens is 382 g/mol. The molecule has 0 unspecified atom stereocenters. The highest BCUT2D eigenvalue weighted by Gasteiger charge is 2.54. The minimum Gasteiger partial charge on any atom is -0.319 e. The lowest BCUT2D eigenvalue weighted by Gasteiger charge is -2.31. The number of aryl methyl sites for hydroxylation is 2. The first-order chi connectivity index (χ1) is 13.1. The maximum absolute atomic E-state index is 13.2. The van der Waals surface area contributed by atoms with Crippen LogP contribution < -0.4 is 5.32 Å². The molecule has 0 bridgehead atoms. The summed E-state index contributed by atoms with van der Waals surface area (Å²) in [7, 11) is 1.85. The predicted octanol–water partition coefficient (Wildman–Crippen LogP) is 2.89. The van der Waals surface area contributed by atoms with Crippen molar-refractivity contribution in [1.82, 2.24) is 25.0 Å². The second kappa shape index (κ2) is 6.00. The number of rotatable bonds is 3. The fourth-order valence-corrected chi connectivity index (χ4v) is 5.68. The molecule has 0 aromatic carbocycles. The van der Waals surface area contributed by atoms with Crippen molar-refractivity contribution in [3.63, 3.8) is 0 Å². The van der Waals surface area contributed by atoms with Gasteiger partial charge in [0.1, 0.15) is 10.5 Å². The number of hydrogen-bond donors (Lipinski definition) is 1. The van der Waals surface area contributed by atoms with Crippen LogP contribution in [0.4, 0.5) is 4.79 Å². The molecule has 1 fully saturated rings. The summed E-state index contributed by atoms with van der Waals surface area (Å²) in [5, 5.41) is 11.9. The smallest absolute Gasteiger partial charge is 0.319 e. The fourth-order valence-electron chi connectivity index (χ4n) is 3.89. The summed E-state index contributed by atoms with van der Waals surface area (Å²) in [5.74, 6) is -0.164. The number of amides is 3. The standard InChI is InChI=1S/C18H17N5O2S2/c1-22-8-11(7-19-22)15-20-12(10-27-15)9-23-16(24)18(21-17(23)25)5-2-3-14-13(18)4-6-26-14/h4,6-8,10H,2-3,5,9H2,1H3,(H,21,25)/t18-/m1/s1. The summed E-state index contributed by atoms with van der Waals surface area (Å²) >= 11 is 3.14. The average Bonchev–Trinajstić information content (AvgIpc) is 3.41. The van der Waals surface area contributed by atoms with Crippen LogP contribution >= 0.6 is 22.7 Å². The number of carbonyl (C=O) groups is 2. The van der Waals surface area contributed by atoms with E-state index in [-0.39, 0.29) is 18.5 Å². The lowest BCUT2D eigenvalue weighted by Crippen LogP contribution is -2.46. The third kappa shape index (κ3) is 2.53. The summed E-state index contributed by atoms with van der Waals surface area (Å²) in [6, 6.07) is 1.64. The molecule has 1 atom stereocenters. The SMILES string of the molecule is Cn1cc(-c2nc(CN3C(=O)N[C@@]4(CCCc5sccc54)C3=O)cs2)cn1. The van der Waals surface area contributed by atoms with Crippen molar-refractivity contribution in [3.05, 3.63) is 45.4 Å². The Kier molecular flexibility index (Phi) is 3.70. The maximum Gasteiger partial charge on any atom is 0.325 e. The largest absolute Gasteiger partial charge is 0.325 e. The molecule has 7 nitrogen and oxygen atoms in total. The molecule has 1 aliphatic carbocycles. The van der Waals surface area contributed by atoms with Gasteiger partial charge in [-0.05, 0) is 30.7 Å². The summed E-state index contributed by atoms with van der Waals surface area (Å²) in [4.78, 5) is 33.0. The first-order valence-electron chi connectivity index (χ1n) is 8.71. The third-order valence-corrected chi connectivity index (χ3v) is 7.08. The number of thiazole rings is 1. The Morgan fingerprint density at radius 3 is 3.04 bits per heavy atom. The first-order valence-corrected chi connectivity index (χ1v) is 10.5. The van der Waals surface area contributed by atoms with E-state index in [0.717, 1.165) is 29.0 Å². The van der Waals surface area contributed by atoms with Crippen LogP contribution in [0.2, 0.25) is 0 Å². The van der Waals surface area contributed by atoms with E-state index in [1.54, 1.807) is 22.2 Å². The molecule has 9 heteroatoms. The van der Waals surface area contributed by atoms with Crippen LogP contribution in [0, 0.1) is 0 Å². The average molecular weight is 400 g/mol. The van der Waals surface area contributed by atoms with Crippen molar-refractivity contribution in [2.45, 2.75) is 31.3 Å². The highest BCUT2D eigenvalue weighted by Crippen LogP contribution is 2.42. The van der Waals surface area contributed by atoms with E-state index < -0.39 is 5.54 Å². The normalized spacial score (nSPS) is 21.7. The van der Waals surface area contributed by atoms with E-state index in [0.29, 0.717) is 12.1 Å². The van der Waals surface area contributed by atoms with Crippen molar-refractivity contribution >= 4 is 34.6 Å². The minimum atomic E-state index is -0.896. The number of carbonyl (C=O) groups excluding carboxylic acids is 2. The Morgan fingerprint density at radius 2 is 2.22 bits per heavy atom. The molecule has 27 heavy (non-hydrogen) atoms. The maximum atomic E-state index is 13.2. The van der Waals surface area contributed by atoms with Crippen LogP contribution in [0.25, 0.3) is 10.6 Å². The second-order valence-electron chi connectivity index (χ2n) is 6.88. The minimum absolute atomic E-state index is 0.164. The predicted molar refractivity (Wildman–Crippen MR) is 102 cm³/mol. The van der Waals surface area contributed by atoms with Crippen molar-refractivity contribution in [3.8, 4) is 10.6 Å². The number of fused-ring (bicyclic) bond motifs is 2. The fraction of sp³-hybridized carbons (Fsp3) is 0.333. The van der Waals surface area contributed by atoms with Crippen LogP contribution in [-0.2, 0) is 30.3 Å². The third-order valence-electron chi connectivity index (χ3n) is 5.16. The Labute approximate surface area is 163 Å². The summed E-state index contributed by atoms with van der Waals surface area (Å²) in [6.45, 7) is 0.183. The molecule has 4 heterocycles. The summed E-state index contributed by atoms with van der Waals surface area (Å²) in [6.07, 6.45) is 6.17. The number of nitrogens with zero attached hydrogens (tertiary/aromatic N) is 4.